The van der Waals surface area contributed by atoms with Crippen LogP contribution in [0.1, 0.15) is 15.9 Å². The Labute approximate surface area is 155 Å². The minimum absolute atomic E-state index is 0.286. The molecule has 3 rings (SSSR count). The average Bonchev–Trinajstić information content (AvgIpc) is 2.61. The Morgan fingerprint density at radius 1 is 0.960 bits per heavy atom. The molecule has 0 atom stereocenters. The summed E-state index contributed by atoms with van der Waals surface area (Å²) in [7, 11) is 0. The lowest BCUT2D eigenvalue weighted by Gasteiger charge is -2.09. The Hall–Kier alpha value is -2.63. The molecule has 3 aromatic rings. The van der Waals surface area contributed by atoms with Crippen molar-refractivity contribution >= 4 is 46.4 Å². The van der Waals surface area contributed by atoms with Gasteiger partial charge in [-0.15, -0.1) is 0 Å². The van der Waals surface area contributed by atoms with E-state index in [2.05, 4.69) is 20.6 Å². The fourth-order valence-electron chi connectivity index (χ4n) is 2.08. The van der Waals surface area contributed by atoms with Gasteiger partial charge < -0.3 is 10.6 Å². The largest absolute Gasteiger partial charge is 0.322 e. The number of benzene rings is 2. The lowest BCUT2D eigenvalue weighted by Crippen LogP contribution is -2.13. The highest BCUT2D eigenvalue weighted by molar-refractivity contribution is 6.39. The SMILES string of the molecule is Cc1ccc(NC(=O)c2cnc(Nc3c(Cl)cccc3Cl)nc2)cc1. The summed E-state index contributed by atoms with van der Waals surface area (Å²) in [6.07, 6.45) is 2.87. The third kappa shape index (κ3) is 4.26. The number of hydrogen-bond donors (Lipinski definition) is 2. The molecule has 1 aromatic heterocycles. The number of aromatic nitrogens is 2. The van der Waals surface area contributed by atoms with Crippen LogP contribution in [0.3, 0.4) is 0 Å². The van der Waals surface area contributed by atoms with Crippen molar-refractivity contribution in [2.24, 2.45) is 0 Å². The summed E-state index contributed by atoms with van der Waals surface area (Å²) >= 11 is 12.2. The number of nitrogens with one attached hydrogen (secondary N) is 2. The predicted octanol–water partition coefficient (Wildman–Crippen LogP) is 5.09. The van der Waals surface area contributed by atoms with E-state index in [0.717, 1.165) is 5.56 Å². The quantitative estimate of drug-likeness (QED) is 0.669. The highest BCUT2D eigenvalue weighted by Gasteiger charge is 2.10. The summed E-state index contributed by atoms with van der Waals surface area (Å²) in [4.78, 5) is 20.5. The van der Waals surface area contributed by atoms with Crippen LogP contribution in [0.4, 0.5) is 17.3 Å². The fourth-order valence-corrected chi connectivity index (χ4v) is 2.57. The molecule has 0 bridgehead atoms. The Morgan fingerprint density at radius 3 is 2.16 bits per heavy atom. The van der Waals surface area contributed by atoms with Gasteiger partial charge in [0.25, 0.3) is 5.91 Å². The monoisotopic (exact) mass is 372 g/mol. The topological polar surface area (TPSA) is 66.9 Å². The van der Waals surface area contributed by atoms with Crippen LogP contribution < -0.4 is 10.6 Å². The first kappa shape index (κ1) is 17.2. The first-order valence-corrected chi connectivity index (χ1v) is 8.19. The lowest BCUT2D eigenvalue weighted by atomic mass is 10.2. The predicted molar refractivity (Wildman–Crippen MR) is 101 cm³/mol. The summed E-state index contributed by atoms with van der Waals surface area (Å²) in [6, 6.07) is 12.7. The van der Waals surface area contributed by atoms with Crippen molar-refractivity contribution in [3.8, 4) is 0 Å². The smallest absolute Gasteiger partial charge is 0.258 e. The maximum Gasteiger partial charge on any atom is 0.258 e. The number of amides is 1. The molecule has 25 heavy (non-hydrogen) atoms. The molecule has 7 heteroatoms. The molecule has 0 aliphatic rings. The Bertz CT molecular complexity index is 876. The summed E-state index contributed by atoms with van der Waals surface area (Å²) < 4.78 is 0. The Kier molecular flexibility index (Phi) is 5.16. The van der Waals surface area contributed by atoms with Crippen LogP contribution in [0.15, 0.2) is 54.9 Å². The van der Waals surface area contributed by atoms with Crippen molar-refractivity contribution in [3.63, 3.8) is 0 Å². The van der Waals surface area contributed by atoms with Crippen LogP contribution in [0.2, 0.25) is 10.0 Å². The number of nitrogens with zero attached hydrogens (tertiary/aromatic N) is 2. The number of carbonyl (C=O) groups excluding carboxylic acids is 1. The zero-order valence-electron chi connectivity index (χ0n) is 13.3. The van der Waals surface area contributed by atoms with Crippen molar-refractivity contribution < 1.29 is 4.79 Å². The molecule has 0 fully saturated rings. The van der Waals surface area contributed by atoms with E-state index in [1.54, 1.807) is 18.2 Å². The van der Waals surface area contributed by atoms with Gasteiger partial charge in [-0.25, -0.2) is 9.97 Å². The van der Waals surface area contributed by atoms with E-state index >= 15 is 0 Å². The van der Waals surface area contributed by atoms with E-state index in [1.165, 1.54) is 12.4 Å². The number of rotatable bonds is 4. The summed E-state index contributed by atoms with van der Waals surface area (Å²) in [6.45, 7) is 1.98. The van der Waals surface area contributed by atoms with Crippen LogP contribution in [-0.2, 0) is 0 Å². The van der Waals surface area contributed by atoms with Crippen LogP contribution in [0, 0.1) is 6.92 Å². The van der Waals surface area contributed by atoms with Gasteiger partial charge in [0, 0.05) is 18.1 Å². The highest BCUT2D eigenvalue weighted by Crippen LogP contribution is 2.31. The Balaban J connectivity index is 1.71. The lowest BCUT2D eigenvalue weighted by molar-refractivity contribution is 0.102. The number of hydrogen-bond acceptors (Lipinski definition) is 4. The molecule has 5 nitrogen and oxygen atoms in total. The minimum Gasteiger partial charge on any atom is -0.322 e. The molecule has 0 radical (unpaired) electrons. The molecule has 0 spiro atoms. The molecular weight excluding hydrogens is 359 g/mol. The average molecular weight is 373 g/mol. The van der Waals surface area contributed by atoms with Gasteiger partial charge in [0.2, 0.25) is 5.95 Å². The Morgan fingerprint density at radius 2 is 1.56 bits per heavy atom. The van der Waals surface area contributed by atoms with Gasteiger partial charge in [0.15, 0.2) is 0 Å². The fraction of sp³-hybridized carbons (Fsp3) is 0.0556. The highest BCUT2D eigenvalue weighted by atomic mass is 35.5. The van der Waals surface area contributed by atoms with Gasteiger partial charge in [-0.2, -0.15) is 0 Å². The first-order chi connectivity index (χ1) is 12.0. The van der Waals surface area contributed by atoms with Gasteiger partial charge in [-0.1, -0.05) is 47.0 Å². The molecule has 2 N–H and O–H groups in total. The third-order valence-corrected chi connectivity index (χ3v) is 4.05. The van der Waals surface area contributed by atoms with Crippen molar-refractivity contribution in [1.29, 1.82) is 0 Å². The first-order valence-electron chi connectivity index (χ1n) is 7.44. The van der Waals surface area contributed by atoms with Gasteiger partial charge in [-0.05, 0) is 31.2 Å². The van der Waals surface area contributed by atoms with Gasteiger partial charge in [0.05, 0.1) is 21.3 Å². The summed E-state index contributed by atoms with van der Waals surface area (Å²) in [5.41, 5.74) is 2.69. The van der Waals surface area contributed by atoms with Crippen molar-refractivity contribution in [1.82, 2.24) is 9.97 Å². The van der Waals surface area contributed by atoms with Crippen LogP contribution >= 0.6 is 23.2 Å². The molecule has 0 saturated carbocycles. The standard InChI is InChI=1S/C18H14Cl2N4O/c1-11-5-7-13(8-6-11)23-17(25)12-9-21-18(22-10-12)24-16-14(19)3-2-4-15(16)20/h2-10H,1H3,(H,23,25)(H,21,22,24). The molecule has 0 aliphatic carbocycles. The third-order valence-electron chi connectivity index (χ3n) is 3.42. The van der Waals surface area contributed by atoms with Crippen LogP contribution in [0.25, 0.3) is 0 Å². The van der Waals surface area contributed by atoms with Crippen molar-refractivity contribution in [2.75, 3.05) is 10.6 Å². The van der Waals surface area contributed by atoms with Gasteiger partial charge in [-0.3, -0.25) is 4.79 Å². The van der Waals surface area contributed by atoms with Crippen molar-refractivity contribution in [3.05, 3.63) is 76.0 Å². The van der Waals surface area contributed by atoms with Gasteiger partial charge in [0.1, 0.15) is 0 Å². The molecule has 126 valence electrons. The number of anilines is 3. The number of para-hydroxylation sites is 1. The van der Waals surface area contributed by atoms with Crippen LogP contribution in [0.5, 0.6) is 0 Å². The number of halogens is 2. The van der Waals surface area contributed by atoms with Gasteiger partial charge >= 0.3 is 0 Å². The minimum atomic E-state index is -0.286. The van der Waals surface area contributed by atoms with E-state index in [-0.39, 0.29) is 5.91 Å². The molecular formula is C18H14Cl2N4O. The molecule has 0 saturated heterocycles. The van der Waals surface area contributed by atoms with Crippen LogP contribution in [-0.4, -0.2) is 15.9 Å². The van der Waals surface area contributed by atoms with E-state index in [0.29, 0.717) is 32.9 Å². The molecule has 0 unspecified atom stereocenters. The zero-order valence-corrected chi connectivity index (χ0v) is 14.8. The molecule has 1 heterocycles. The number of aryl methyl sites for hydroxylation is 1. The maximum absolute atomic E-state index is 12.2. The molecule has 1 amide bonds. The number of carbonyl (C=O) groups is 1. The van der Waals surface area contributed by atoms with E-state index in [9.17, 15) is 4.79 Å². The second kappa shape index (κ2) is 7.51. The second-order valence-electron chi connectivity index (χ2n) is 5.34. The van der Waals surface area contributed by atoms with Crippen molar-refractivity contribution in [2.45, 2.75) is 6.92 Å². The zero-order chi connectivity index (χ0) is 17.8. The maximum atomic E-state index is 12.2. The normalized spacial score (nSPS) is 10.4. The molecule has 0 aliphatic heterocycles. The second-order valence-corrected chi connectivity index (χ2v) is 6.15. The van der Waals surface area contributed by atoms with E-state index < -0.39 is 0 Å². The van der Waals surface area contributed by atoms with E-state index in [1.807, 2.05) is 31.2 Å². The summed E-state index contributed by atoms with van der Waals surface area (Å²) in [5, 5.41) is 6.65. The summed E-state index contributed by atoms with van der Waals surface area (Å²) in [5.74, 6) is 0.00747. The molecule has 2 aromatic carbocycles. The van der Waals surface area contributed by atoms with E-state index in [4.69, 9.17) is 23.2 Å².